The average molecular weight is 252 g/mol. The van der Waals surface area contributed by atoms with Crippen LogP contribution in [0.1, 0.15) is 52.4 Å². The molecule has 0 atom stereocenters. The second-order valence-corrected chi connectivity index (χ2v) is 6.80. The molecule has 2 heterocycles. The second kappa shape index (κ2) is 6.05. The minimum Gasteiger partial charge on any atom is -0.343 e. The highest BCUT2D eigenvalue weighted by Gasteiger charge is 2.26. The number of nitrogens with one attached hydrogen (secondary N) is 1. The molecule has 0 aromatic rings. The van der Waals surface area contributed by atoms with E-state index in [-0.39, 0.29) is 0 Å². The van der Waals surface area contributed by atoms with Gasteiger partial charge in [-0.05, 0) is 56.5 Å². The average Bonchev–Trinajstić information content (AvgIpc) is 2.51. The lowest BCUT2D eigenvalue weighted by Gasteiger charge is -2.27. The molecule has 3 heteroatoms. The number of nitrogens with zero attached hydrogens (tertiary/aromatic N) is 1. The third-order valence-electron chi connectivity index (χ3n) is 4.61. The Morgan fingerprint density at radius 1 is 1.22 bits per heavy atom. The molecule has 2 aliphatic rings. The Kier molecular flexibility index (Phi) is 4.66. The zero-order chi connectivity index (χ0) is 13.0. The summed E-state index contributed by atoms with van der Waals surface area (Å²) in [7, 11) is 0. The fourth-order valence-corrected chi connectivity index (χ4v) is 3.13. The van der Waals surface area contributed by atoms with E-state index in [0.29, 0.717) is 17.2 Å². The van der Waals surface area contributed by atoms with Crippen molar-refractivity contribution in [2.75, 3.05) is 26.2 Å². The van der Waals surface area contributed by atoms with Gasteiger partial charge in [0.2, 0.25) is 5.91 Å². The third kappa shape index (κ3) is 3.98. The molecular formula is C15H28N2O. The molecule has 0 aromatic carbocycles. The number of rotatable bonds is 2. The van der Waals surface area contributed by atoms with Crippen LogP contribution in [0.15, 0.2) is 0 Å². The van der Waals surface area contributed by atoms with Crippen LogP contribution >= 0.6 is 0 Å². The van der Waals surface area contributed by atoms with Crippen molar-refractivity contribution in [3.63, 3.8) is 0 Å². The van der Waals surface area contributed by atoms with Crippen molar-refractivity contribution in [3.8, 4) is 0 Å². The topological polar surface area (TPSA) is 32.3 Å². The largest absolute Gasteiger partial charge is 0.343 e. The van der Waals surface area contributed by atoms with Gasteiger partial charge in [0.25, 0.3) is 0 Å². The maximum absolute atomic E-state index is 12.3. The molecule has 3 nitrogen and oxygen atoms in total. The van der Waals surface area contributed by atoms with E-state index in [4.69, 9.17) is 0 Å². The second-order valence-electron chi connectivity index (χ2n) is 6.80. The van der Waals surface area contributed by atoms with Crippen molar-refractivity contribution in [2.24, 2.45) is 11.3 Å². The molecule has 2 fully saturated rings. The Morgan fingerprint density at radius 2 is 1.94 bits per heavy atom. The lowest BCUT2D eigenvalue weighted by atomic mass is 9.85. The van der Waals surface area contributed by atoms with E-state index in [1.165, 1.54) is 25.7 Å². The summed E-state index contributed by atoms with van der Waals surface area (Å²) in [5.74, 6) is 1.02. The van der Waals surface area contributed by atoms with Crippen LogP contribution in [0.3, 0.4) is 0 Å². The summed E-state index contributed by atoms with van der Waals surface area (Å²) in [5.41, 5.74) is 0.420. The van der Waals surface area contributed by atoms with Crippen molar-refractivity contribution >= 4 is 5.91 Å². The van der Waals surface area contributed by atoms with Gasteiger partial charge in [0.15, 0.2) is 0 Å². The van der Waals surface area contributed by atoms with Gasteiger partial charge in [-0.3, -0.25) is 4.79 Å². The van der Waals surface area contributed by atoms with Crippen LogP contribution in [-0.4, -0.2) is 37.0 Å². The van der Waals surface area contributed by atoms with Crippen molar-refractivity contribution in [1.82, 2.24) is 10.2 Å². The first-order chi connectivity index (χ1) is 8.57. The lowest BCUT2D eigenvalue weighted by Crippen LogP contribution is -2.36. The molecular weight excluding hydrogens is 224 g/mol. The SMILES string of the molecule is CC1(C)CCCN(C(=O)CC2CCNCC2)CC1. The van der Waals surface area contributed by atoms with Crippen LogP contribution in [0.2, 0.25) is 0 Å². The van der Waals surface area contributed by atoms with Gasteiger partial charge in [0.1, 0.15) is 0 Å². The van der Waals surface area contributed by atoms with E-state index in [0.717, 1.165) is 39.0 Å². The Labute approximate surface area is 111 Å². The van der Waals surface area contributed by atoms with Crippen molar-refractivity contribution in [1.29, 1.82) is 0 Å². The number of hydrogen-bond acceptors (Lipinski definition) is 2. The smallest absolute Gasteiger partial charge is 0.222 e. The molecule has 0 saturated carbocycles. The van der Waals surface area contributed by atoms with Gasteiger partial charge in [-0.1, -0.05) is 13.8 Å². The number of piperidine rings is 1. The van der Waals surface area contributed by atoms with Gasteiger partial charge in [-0.25, -0.2) is 0 Å². The van der Waals surface area contributed by atoms with Gasteiger partial charge >= 0.3 is 0 Å². The van der Waals surface area contributed by atoms with Crippen LogP contribution in [0.25, 0.3) is 0 Å². The van der Waals surface area contributed by atoms with E-state index in [1.807, 2.05) is 0 Å². The molecule has 0 radical (unpaired) electrons. The number of hydrogen-bond donors (Lipinski definition) is 1. The van der Waals surface area contributed by atoms with Crippen LogP contribution in [0.5, 0.6) is 0 Å². The van der Waals surface area contributed by atoms with Crippen LogP contribution in [-0.2, 0) is 4.79 Å². The standard InChI is InChI=1S/C15H28N2O/c1-15(2)6-3-10-17(11-7-15)14(18)12-13-4-8-16-9-5-13/h13,16H,3-12H2,1-2H3. The summed E-state index contributed by atoms with van der Waals surface area (Å²) >= 11 is 0. The first-order valence-electron chi connectivity index (χ1n) is 7.55. The third-order valence-corrected chi connectivity index (χ3v) is 4.61. The highest BCUT2D eigenvalue weighted by atomic mass is 16.2. The maximum atomic E-state index is 12.3. The molecule has 0 bridgehead atoms. The lowest BCUT2D eigenvalue weighted by molar-refractivity contribution is -0.132. The predicted octanol–water partition coefficient (Wildman–Crippen LogP) is 2.41. The first-order valence-corrected chi connectivity index (χ1v) is 7.55. The summed E-state index contributed by atoms with van der Waals surface area (Å²) in [4.78, 5) is 14.5. The Hall–Kier alpha value is -0.570. The van der Waals surface area contributed by atoms with E-state index in [9.17, 15) is 4.79 Å². The number of carbonyl (C=O) groups excluding carboxylic acids is 1. The minimum atomic E-state index is 0.402. The fourth-order valence-electron chi connectivity index (χ4n) is 3.13. The highest BCUT2D eigenvalue weighted by molar-refractivity contribution is 5.76. The van der Waals surface area contributed by atoms with Crippen molar-refractivity contribution < 1.29 is 4.79 Å². The summed E-state index contributed by atoms with van der Waals surface area (Å²) < 4.78 is 0. The number of carbonyl (C=O) groups is 1. The molecule has 2 saturated heterocycles. The predicted molar refractivity (Wildman–Crippen MR) is 74.4 cm³/mol. The Balaban J connectivity index is 1.81. The quantitative estimate of drug-likeness (QED) is 0.818. The van der Waals surface area contributed by atoms with Gasteiger partial charge in [0, 0.05) is 19.5 Å². The molecule has 1 amide bonds. The fraction of sp³-hybridized carbons (Fsp3) is 0.933. The monoisotopic (exact) mass is 252 g/mol. The number of likely N-dealkylation sites (tertiary alicyclic amines) is 1. The molecule has 1 N–H and O–H groups in total. The molecule has 0 aromatic heterocycles. The van der Waals surface area contributed by atoms with E-state index < -0.39 is 0 Å². The summed E-state index contributed by atoms with van der Waals surface area (Å²) in [6.45, 7) is 8.78. The molecule has 2 aliphatic heterocycles. The zero-order valence-electron chi connectivity index (χ0n) is 12.0. The molecule has 0 unspecified atom stereocenters. The van der Waals surface area contributed by atoms with Gasteiger partial charge < -0.3 is 10.2 Å². The highest BCUT2D eigenvalue weighted by Crippen LogP contribution is 2.30. The molecule has 0 spiro atoms. The van der Waals surface area contributed by atoms with Crippen LogP contribution in [0, 0.1) is 11.3 Å². The molecule has 2 rings (SSSR count). The normalized spacial score (nSPS) is 25.8. The van der Waals surface area contributed by atoms with E-state index >= 15 is 0 Å². The van der Waals surface area contributed by atoms with Gasteiger partial charge in [0.05, 0.1) is 0 Å². The summed E-state index contributed by atoms with van der Waals surface area (Å²) in [5, 5.41) is 3.36. The van der Waals surface area contributed by atoms with Gasteiger partial charge in [-0.2, -0.15) is 0 Å². The summed E-state index contributed by atoms with van der Waals surface area (Å²) in [6.07, 6.45) is 6.71. The van der Waals surface area contributed by atoms with Crippen LogP contribution < -0.4 is 5.32 Å². The summed E-state index contributed by atoms with van der Waals surface area (Å²) in [6, 6.07) is 0. The maximum Gasteiger partial charge on any atom is 0.222 e. The van der Waals surface area contributed by atoms with Gasteiger partial charge in [-0.15, -0.1) is 0 Å². The van der Waals surface area contributed by atoms with E-state index in [1.54, 1.807) is 0 Å². The number of amides is 1. The Bertz CT molecular complexity index is 282. The zero-order valence-corrected chi connectivity index (χ0v) is 12.0. The van der Waals surface area contributed by atoms with Crippen LogP contribution in [0.4, 0.5) is 0 Å². The Morgan fingerprint density at radius 3 is 2.67 bits per heavy atom. The minimum absolute atomic E-state index is 0.402. The van der Waals surface area contributed by atoms with Crippen molar-refractivity contribution in [3.05, 3.63) is 0 Å². The molecule has 104 valence electrons. The molecule has 18 heavy (non-hydrogen) atoms. The van der Waals surface area contributed by atoms with E-state index in [2.05, 4.69) is 24.1 Å². The first kappa shape index (κ1) is 13.9. The molecule has 0 aliphatic carbocycles. The van der Waals surface area contributed by atoms with Crippen molar-refractivity contribution in [2.45, 2.75) is 52.4 Å².